The van der Waals surface area contributed by atoms with Crippen molar-refractivity contribution in [1.29, 1.82) is 0 Å². The Morgan fingerprint density at radius 2 is 1.95 bits per heavy atom. The van der Waals surface area contributed by atoms with Crippen molar-refractivity contribution in [2.75, 3.05) is 12.9 Å². The molecule has 116 valence electrons. The number of nitrogens with one attached hydrogen (secondary N) is 1. The first-order valence-electron chi connectivity index (χ1n) is 6.89. The van der Waals surface area contributed by atoms with Crippen LogP contribution in [0.5, 0.6) is 5.75 Å². The van der Waals surface area contributed by atoms with E-state index in [4.69, 9.17) is 4.74 Å². The fraction of sp³-hybridized carbons (Fsp3) is 0.235. The molecule has 0 spiro atoms. The Morgan fingerprint density at radius 1 is 1.18 bits per heavy atom. The van der Waals surface area contributed by atoms with Crippen LogP contribution in [0.1, 0.15) is 11.1 Å². The molecule has 0 bridgehead atoms. The van der Waals surface area contributed by atoms with Crippen molar-refractivity contribution in [2.24, 2.45) is 0 Å². The Hall–Kier alpha value is -2.01. The number of thioether (sulfide) groups is 1. The SMILES string of the molecule is COc1cccc(CNC(=O)CSCc2cccc(F)c2)c1. The second-order valence-electron chi connectivity index (χ2n) is 4.75. The number of rotatable bonds is 7. The van der Waals surface area contributed by atoms with Crippen LogP contribution in [0.4, 0.5) is 4.39 Å². The van der Waals surface area contributed by atoms with Gasteiger partial charge in [-0.2, -0.15) is 0 Å². The first-order valence-corrected chi connectivity index (χ1v) is 8.04. The first-order chi connectivity index (χ1) is 10.7. The van der Waals surface area contributed by atoms with E-state index in [0.717, 1.165) is 16.9 Å². The standard InChI is InChI=1S/C17H18FNO2S/c1-21-16-7-3-4-13(9-16)10-19-17(20)12-22-11-14-5-2-6-15(18)8-14/h2-9H,10-12H2,1H3,(H,19,20). The lowest BCUT2D eigenvalue weighted by molar-refractivity contribution is -0.118. The molecule has 0 aliphatic rings. The van der Waals surface area contributed by atoms with E-state index in [9.17, 15) is 9.18 Å². The Balaban J connectivity index is 1.71. The zero-order valence-electron chi connectivity index (χ0n) is 12.3. The molecule has 0 unspecified atom stereocenters. The summed E-state index contributed by atoms with van der Waals surface area (Å²) in [7, 11) is 1.61. The largest absolute Gasteiger partial charge is 0.497 e. The van der Waals surface area contributed by atoms with Crippen molar-refractivity contribution in [3.63, 3.8) is 0 Å². The Morgan fingerprint density at radius 3 is 2.73 bits per heavy atom. The summed E-state index contributed by atoms with van der Waals surface area (Å²) in [6.07, 6.45) is 0. The van der Waals surface area contributed by atoms with Crippen LogP contribution in [0, 0.1) is 5.82 Å². The zero-order valence-corrected chi connectivity index (χ0v) is 13.2. The second kappa shape index (κ2) is 8.44. The Bertz CT molecular complexity index is 634. The van der Waals surface area contributed by atoms with Gasteiger partial charge in [0.15, 0.2) is 0 Å². The summed E-state index contributed by atoms with van der Waals surface area (Å²) in [4.78, 5) is 11.8. The minimum Gasteiger partial charge on any atom is -0.497 e. The van der Waals surface area contributed by atoms with Gasteiger partial charge < -0.3 is 10.1 Å². The molecule has 2 rings (SSSR count). The molecular weight excluding hydrogens is 301 g/mol. The summed E-state index contributed by atoms with van der Waals surface area (Å²) in [5.41, 5.74) is 1.87. The van der Waals surface area contributed by atoms with E-state index in [-0.39, 0.29) is 11.7 Å². The molecular formula is C17H18FNO2S. The van der Waals surface area contributed by atoms with E-state index >= 15 is 0 Å². The number of carbonyl (C=O) groups is 1. The molecule has 22 heavy (non-hydrogen) atoms. The predicted molar refractivity (Wildman–Crippen MR) is 87.4 cm³/mol. The topological polar surface area (TPSA) is 38.3 Å². The van der Waals surface area contributed by atoms with Crippen LogP contribution < -0.4 is 10.1 Å². The molecule has 5 heteroatoms. The quantitative estimate of drug-likeness (QED) is 0.850. The summed E-state index contributed by atoms with van der Waals surface area (Å²) in [5.74, 6) is 1.45. The lowest BCUT2D eigenvalue weighted by Gasteiger charge is -2.07. The van der Waals surface area contributed by atoms with Crippen LogP contribution in [0.25, 0.3) is 0 Å². The number of amides is 1. The number of ether oxygens (including phenoxy) is 1. The highest BCUT2D eigenvalue weighted by molar-refractivity contribution is 7.99. The fourth-order valence-electron chi connectivity index (χ4n) is 1.92. The minimum absolute atomic E-state index is 0.0378. The maximum absolute atomic E-state index is 13.0. The van der Waals surface area contributed by atoms with Gasteiger partial charge in [-0.3, -0.25) is 4.79 Å². The van der Waals surface area contributed by atoms with Crippen molar-refractivity contribution in [3.05, 3.63) is 65.5 Å². The molecule has 2 aromatic rings. The van der Waals surface area contributed by atoms with Crippen molar-refractivity contribution in [3.8, 4) is 5.75 Å². The molecule has 1 amide bonds. The Labute approximate surface area is 133 Å². The summed E-state index contributed by atoms with van der Waals surface area (Å²) >= 11 is 1.46. The third kappa shape index (κ3) is 5.41. The number of methoxy groups -OCH3 is 1. The van der Waals surface area contributed by atoms with E-state index in [0.29, 0.717) is 18.1 Å². The van der Waals surface area contributed by atoms with Gasteiger partial charge in [0, 0.05) is 12.3 Å². The molecule has 0 saturated carbocycles. The van der Waals surface area contributed by atoms with Crippen LogP contribution in [-0.4, -0.2) is 18.8 Å². The number of hydrogen-bond donors (Lipinski definition) is 1. The van der Waals surface area contributed by atoms with Gasteiger partial charge in [0.2, 0.25) is 5.91 Å². The molecule has 0 aromatic heterocycles. The average molecular weight is 319 g/mol. The number of carbonyl (C=O) groups excluding carboxylic acids is 1. The van der Waals surface area contributed by atoms with Crippen LogP contribution in [-0.2, 0) is 17.1 Å². The van der Waals surface area contributed by atoms with Gasteiger partial charge in [-0.25, -0.2) is 4.39 Å². The highest BCUT2D eigenvalue weighted by Gasteiger charge is 2.03. The minimum atomic E-state index is -0.249. The maximum atomic E-state index is 13.0. The van der Waals surface area contributed by atoms with E-state index in [2.05, 4.69) is 5.32 Å². The zero-order chi connectivity index (χ0) is 15.8. The summed E-state index contributed by atoms with van der Waals surface area (Å²) in [6, 6.07) is 14.0. The van der Waals surface area contributed by atoms with Gasteiger partial charge in [0.25, 0.3) is 0 Å². The van der Waals surface area contributed by atoms with Gasteiger partial charge in [-0.1, -0.05) is 24.3 Å². The predicted octanol–water partition coefficient (Wildman–Crippen LogP) is 3.38. The highest BCUT2D eigenvalue weighted by Crippen LogP contribution is 2.14. The van der Waals surface area contributed by atoms with E-state index < -0.39 is 0 Å². The maximum Gasteiger partial charge on any atom is 0.230 e. The number of benzene rings is 2. The number of halogens is 1. The third-order valence-corrected chi connectivity index (χ3v) is 4.02. The summed E-state index contributed by atoms with van der Waals surface area (Å²) < 4.78 is 18.2. The van der Waals surface area contributed by atoms with Gasteiger partial charge in [-0.15, -0.1) is 11.8 Å². The smallest absolute Gasteiger partial charge is 0.230 e. The Kier molecular flexibility index (Phi) is 6.27. The lowest BCUT2D eigenvalue weighted by atomic mass is 10.2. The van der Waals surface area contributed by atoms with Gasteiger partial charge in [-0.05, 0) is 35.4 Å². The van der Waals surface area contributed by atoms with E-state index in [1.54, 1.807) is 13.2 Å². The number of hydrogen-bond acceptors (Lipinski definition) is 3. The van der Waals surface area contributed by atoms with E-state index in [1.165, 1.54) is 23.9 Å². The van der Waals surface area contributed by atoms with Gasteiger partial charge in [0.1, 0.15) is 11.6 Å². The molecule has 0 atom stereocenters. The average Bonchev–Trinajstić information content (AvgIpc) is 2.53. The molecule has 3 nitrogen and oxygen atoms in total. The van der Waals surface area contributed by atoms with Gasteiger partial charge in [0.05, 0.1) is 12.9 Å². The molecule has 1 N–H and O–H groups in total. The van der Waals surface area contributed by atoms with Crippen molar-refractivity contribution >= 4 is 17.7 Å². The normalized spacial score (nSPS) is 10.3. The van der Waals surface area contributed by atoms with Gasteiger partial charge >= 0.3 is 0 Å². The highest BCUT2D eigenvalue weighted by atomic mass is 32.2. The molecule has 0 radical (unpaired) electrons. The van der Waals surface area contributed by atoms with Crippen LogP contribution >= 0.6 is 11.8 Å². The first kappa shape index (κ1) is 16.4. The third-order valence-electron chi connectivity index (χ3n) is 3.01. The van der Waals surface area contributed by atoms with Crippen LogP contribution in [0.3, 0.4) is 0 Å². The van der Waals surface area contributed by atoms with Crippen LogP contribution in [0.2, 0.25) is 0 Å². The second-order valence-corrected chi connectivity index (χ2v) is 5.74. The molecule has 0 fully saturated rings. The van der Waals surface area contributed by atoms with Crippen molar-refractivity contribution in [1.82, 2.24) is 5.32 Å². The summed E-state index contributed by atoms with van der Waals surface area (Å²) in [5, 5.41) is 2.86. The monoisotopic (exact) mass is 319 g/mol. The molecule has 0 saturated heterocycles. The van der Waals surface area contributed by atoms with Crippen molar-refractivity contribution in [2.45, 2.75) is 12.3 Å². The van der Waals surface area contributed by atoms with Crippen LogP contribution in [0.15, 0.2) is 48.5 Å². The molecule has 2 aromatic carbocycles. The molecule has 0 heterocycles. The lowest BCUT2D eigenvalue weighted by Crippen LogP contribution is -2.24. The van der Waals surface area contributed by atoms with E-state index in [1.807, 2.05) is 30.3 Å². The van der Waals surface area contributed by atoms with Crippen molar-refractivity contribution < 1.29 is 13.9 Å². The molecule has 0 aliphatic carbocycles. The molecule has 0 aliphatic heterocycles. The fourth-order valence-corrected chi connectivity index (χ4v) is 2.73. The summed E-state index contributed by atoms with van der Waals surface area (Å²) in [6.45, 7) is 0.469.